The second-order valence-corrected chi connectivity index (χ2v) is 4.25. The summed E-state index contributed by atoms with van der Waals surface area (Å²) in [6.45, 7) is 8.06. The van der Waals surface area contributed by atoms with Crippen LogP contribution in [0.2, 0.25) is 10.3 Å². The van der Waals surface area contributed by atoms with Crippen molar-refractivity contribution in [1.29, 1.82) is 0 Å². The number of hydrogen-bond donors (Lipinski definition) is 0. The van der Waals surface area contributed by atoms with Crippen LogP contribution in [0.3, 0.4) is 0 Å². The van der Waals surface area contributed by atoms with Crippen molar-refractivity contribution in [3.63, 3.8) is 0 Å². The normalized spacial score (nSPS) is 13.0. The molecule has 1 rings (SSSR count). The Morgan fingerprint density at radius 1 is 1.29 bits per heavy atom. The molecule has 0 aliphatic carbocycles. The first kappa shape index (κ1) is 11.7. The molecule has 0 N–H and O–H groups in total. The summed E-state index contributed by atoms with van der Waals surface area (Å²) >= 11 is 12.2. The lowest BCUT2D eigenvalue weighted by molar-refractivity contribution is -0.772. The van der Waals surface area contributed by atoms with Crippen LogP contribution in [0.4, 0.5) is 0 Å². The molecule has 1 heterocycles. The number of rotatable bonds is 2. The Morgan fingerprint density at radius 3 is 2.36 bits per heavy atom. The Kier molecular flexibility index (Phi) is 3.73. The van der Waals surface area contributed by atoms with Crippen LogP contribution < -0.4 is 4.68 Å². The average molecular weight is 234 g/mol. The van der Waals surface area contributed by atoms with Gasteiger partial charge in [-0.15, -0.1) is 0 Å². The van der Waals surface area contributed by atoms with Crippen LogP contribution in [0, 0.1) is 13.8 Å². The Labute approximate surface area is 94.8 Å². The summed E-state index contributed by atoms with van der Waals surface area (Å²) in [6.07, 6.45) is 0.982. The summed E-state index contributed by atoms with van der Waals surface area (Å²) < 4.78 is 1.78. The van der Waals surface area contributed by atoms with Crippen LogP contribution in [-0.2, 0) is 0 Å². The second kappa shape index (κ2) is 4.45. The van der Waals surface area contributed by atoms with Gasteiger partial charge in [-0.05, 0) is 25.4 Å². The molecule has 1 aromatic rings. The molecule has 0 aromatic carbocycles. The van der Waals surface area contributed by atoms with E-state index >= 15 is 0 Å². The molecular weight excluding hydrogens is 219 g/mol. The van der Waals surface area contributed by atoms with Gasteiger partial charge in [0, 0.05) is 29.6 Å². The van der Waals surface area contributed by atoms with Crippen LogP contribution in [0.5, 0.6) is 0 Å². The van der Waals surface area contributed by atoms with E-state index in [9.17, 15) is 0 Å². The first-order valence-corrected chi connectivity index (χ1v) is 5.48. The lowest BCUT2D eigenvalue weighted by Gasteiger charge is -2.07. The van der Waals surface area contributed by atoms with Crippen LogP contribution in [0.15, 0.2) is 0 Å². The molecule has 0 saturated carbocycles. The van der Waals surface area contributed by atoms with Crippen molar-refractivity contribution in [2.24, 2.45) is 0 Å². The smallest absolute Gasteiger partial charge is 0.0687 e. The molecule has 1 aromatic heterocycles. The summed E-state index contributed by atoms with van der Waals surface area (Å²) in [5.74, 6) is 0. The van der Waals surface area contributed by atoms with E-state index in [4.69, 9.17) is 23.2 Å². The minimum absolute atomic E-state index is 0.277. The van der Waals surface area contributed by atoms with E-state index < -0.39 is 0 Å². The number of halogens is 2. The van der Waals surface area contributed by atoms with Crippen LogP contribution in [-0.4, -0.2) is 5.10 Å². The van der Waals surface area contributed by atoms with Crippen LogP contribution in [0.1, 0.15) is 37.4 Å². The zero-order chi connectivity index (χ0) is 10.9. The lowest BCUT2D eigenvalue weighted by atomic mass is 10.2. The first-order chi connectivity index (χ1) is 6.49. The molecule has 0 spiro atoms. The number of aromatic nitrogens is 2. The van der Waals surface area contributed by atoms with Crippen molar-refractivity contribution in [3.05, 3.63) is 21.4 Å². The van der Waals surface area contributed by atoms with Gasteiger partial charge in [-0.1, -0.05) is 23.2 Å². The molecule has 0 fully saturated rings. The van der Waals surface area contributed by atoms with Crippen molar-refractivity contribution in [2.75, 3.05) is 0 Å². The van der Waals surface area contributed by atoms with Gasteiger partial charge >= 0.3 is 5.15 Å². The lowest BCUT2D eigenvalue weighted by Crippen LogP contribution is -2.43. The van der Waals surface area contributed by atoms with Crippen LogP contribution >= 0.6 is 23.2 Å². The van der Waals surface area contributed by atoms with Crippen molar-refractivity contribution < 1.29 is 4.68 Å². The number of hydrogen-bond acceptors (Lipinski definition) is 1. The van der Waals surface area contributed by atoms with Gasteiger partial charge in [0.25, 0.3) is 0 Å². The zero-order valence-corrected chi connectivity index (χ0v) is 10.4. The van der Waals surface area contributed by atoms with Crippen molar-refractivity contribution >= 4 is 23.2 Å². The minimum atomic E-state index is 0.277. The molecule has 0 aliphatic heterocycles. The van der Waals surface area contributed by atoms with Crippen LogP contribution in [0.25, 0.3) is 0 Å². The van der Waals surface area contributed by atoms with Gasteiger partial charge in [0.05, 0.1) is 0 Å². The van der Waals surface area contributed by atoms with Gasteiger partial charge in [-0.3, -0.25) is 0 Å². The number of nitrogens with zero attached hydrogens (tertiary/aromatic N) is 2. The SMILES string of the molecule is CCC(C)[n+]1nc(Cl)c(C)c(C)c1Cl. The fourth-order valence-corrected chi connectivity index (χ4v) is 1.73. The summed E-state index contributed by atoms with van der Waals surface area (Å²) in [7, 11) is 0. The third kappa shape index (κ3) is 2.01. The van der Waals surface area contributed by atoms with E-state index in [0.717, 1.165) is 17.5 Å². The second-order valence-electron chi connectivity index (χ2n) is 3.53. The van der Waals surface area contributed by atoms with Gasteiger partial charge in [-0.25, -0.2) is 0 Å². The average Bonchev–Trinajstić information content (AvgIpc) is 2.19. The maximum Gasteiger partial charge on any atom is 0.304 e. The van der Waals surface area contributed by atoms with E-state index in [1.54, 1.807) is 4.68 Å². The highest BCUT2D eigenvalue weighted by atomic mass is 35.5. The first-order valence-electron chi connectivity index (χ1n) is 4.73. The van der Waals surface area contributed by atoms with Crippen molar-refractivity contribution in [1.82, 2.24) is 5.10 Å². The molecule has 1 unspecified atom stereocenters. The maximum absolute atomic E-state index is 6.19. The van der Waals surface area contributed by atoms with E-state index in [1.165, 1.54) is 0 Å². The third-order valence-corrected chi connectivity index (χ3v) is 3.40. The molecule has 78 valence electrons. The largest absolute Gasteiger partial charge is 0.304 e. The summed E-state index contributed by atoms with van der Waals surface area (Å²) in [6, 6.07) is 0.277. The minimum Gasteiger partial charge on any atom is -0.0687 e. The Balaban J connectivity index is 3.33. The molecule has 2 nitrogen and oxygen atoms in total. The fraction of sp³-hybridized carbons (Fsp3) is 0.600. The van der Waals surface area contributed by atoms with E-state index in [1.807, 2.05) is 13.8 Å². The molecular formula is C10H15Cl2N2+. The zero-order valence-electron chi connectivity index (χ0n) is 8.93. The monoisotopic (exact) mass is 233 g/mol. The maximum atomic E-state index is 6.19. The fourth-order valence-electron chi connectivity index (χ4n) is 1.16. The van der Waals surface area contributed by atoms with Gasteiger partial charge in [0.15, 0.2) is 11.2 Å². The Hall–Kier alpha value is -0.340. The van der Waals surface area contributed by atoms with E-state index in [2.05, 4.69) is 18.9 Å². The molecule has 0 bridgehead atoms. The Bertz CT molecular complexity index is 350. The highest BCUT2D eigenvalue weighted by Crippen LogP contribution is 2.21. The molecule has 0 saturated heterocycles. The predicted molar refractivity (Wildman–Crippen MR) is 58.9 cm³/mol. The third-order valence-electron chi connectivity index (χ3n) is 2.59. The van der Waals surface area contributed by atoms with E-state index in [-0.39, 0.29) is 6.04 Å². The van der Waals surface area contributed by atoms with E-state index in [0.29, 0.717) is 10.3 Å². The predicted octanol–water partition coefficient (Wildman–Crippen LogP) is 3.26. The van der Waals surface area contributed by atoms with Crippen molar-refractivity contribution in [3.8, 4) is 0 Å². The summed E-state index contributed by atoms with van der Waals surface area (Å²) in [5.41, 5.74) is 1.96. The summed E-state index contributed by atoms with van der Waals surface area (Å²) in [4.78, 5) is 0. The molecule has 1 atom stereocenters. The molecule has 0 aliphatic rings. The molecule has 0 amide bonds. The molecule has 14 heavy (non-hydrogen) atoms. The molecule has 4 heteroatoms. The Morgan fingerprint density at radius 2 is 1.86 bits per heavy atom. The summed E-state index contributed by atoms with van der Waals surface area (Å²) in [5, 5.41) is 5.47. The van der Waals surface area contributed by atoms with Gasteiger partial charge < -0.3 is 0 Å². The highest BCUT2D eigenvalue weighted by Gasteiger charge is 2.23. The molecule has 0 radical (unpaired) electrons. The van der Waals surface area contributed by atoms with Gasteiger partial charge in [-0.2, -0.15) is 0 Å². The standard InChI is InChI=1S/C10H15Cl2N2/c1-5-6(2)14-10(12)8(4)7(3)9(11)13-14/h6H,5H2,1-4H3/q+1. The van der Waals surface area contributed by atoms with Gasteiger partial charge in [0.1, 0.15) is 0 Å². The van der Waals surface area contributed by atoms with Crippen molar-refractivity contribution in [2.45, 2.75) is 40.2 Å². The quantitative estimate of drug-likeness (QED) is 0.717. The van der Waals surface area contributed by atoms with Gasteiger partial charge in [0.2, 0.25) is 0 Å². The highest BCUT2D eigenvalue weighted by molar-refractivity contribution is 6.31. The topological polar surface area (TPSA) is 16.8 Å².